The molecule has 16 rings (SSSR count). The van der Waals surface area contributed by atoms with Crippen molar-refractivity contribution in [1.29, 1.82) is 0 Å². The average Bonchev–Trinajstić information content (AvgIpc) is 4.31. The van der Waals surface area contributed by atoms with E-state index < -0.39 is 5.41 Å². The van der Waals surface area contributed by atoms with Crippen LogP contribution in [0.1, 0.15) is 47.2 Å². The number of benzene rings is 13. The van der Waals surface area contributed by atoms with Gasteiger partial charge in [-0.2, -0.15) is 0 Å². The van der Waals surface area contributed by atoms with Crippen molar-refractivity contribution in [3.05, 3.63) is 331 Å². The minimum absolute atomic E-state index is 0.179. The lowest BCUT2D eigenvalue weighted by Gasteiger charge is -2.35. The number of hydrogen-bond acceptors (Lipinski definition) is 2. The first-order chi connectivity index (χ1) is 40.4. The smallest absolute Gasteiger partial charge is 0.143 e. The minimum Gasteiger partial charge on any atom is -0.455 e. The zero-order valence-electron chi connectivity index (χ0n) is 45.6. The number of rotatable bonds is 9. The summed E-state index contributed by atoms with van der Waals surface area (Å²) in [5.74, 6) is 0. The molecule has 386 valence electrons. The van der Waals surface area contributed by atoms with E-state index >= 15 is 0 Å². The topological polar surface area (TPSA) is 16.4 Å². The van der Waals surface area contributed by atoms with Crippen molar-refractivity contribution < 1.29 is 4.42 Å². The summed E-state index contributed by atoms with van der Waals surface area (Å²) >= 11 is 0. The van der Waals surface area contributed by atoms with Crippen molar-refractivity contribution >= 4 is 49.8 Å². The molecule has 0 fully saturated rings. The maximum atomic E-state index is 6.57. The van der Waals surface area contributed by atoms with E-state index in [0.29, 0.717) is 0 Å². The van der Waals surface area contributed by atoms with Crippen molar-refractivity contribution in [2.75, 3.05) is 4.90 Å². The molecular weight excluding hydrogens is 991 g/mol. The third kappa shape index (κ3) is 7.21. The number of hydrogen-bond donors (Lipinski definition) is 0. The Kier molecular flexibility index (Phi) is 10.9. The van der Waals surface area contributed by atoms with Gasteiger partial charge in [0, 0.05) is 38.5 Å². The zero-order valence-corrected chi connectivity index (χ0v) is 45.6. The molecule has 0 bridgehead atoms. The number of fused-ring (bicyclic) bond motifs is 10. The lowest BCUT2D eigenvalue weighted by atomic mass is 9.65. The zero-order chi connectivity index (χ0) is 54.5. The van der Waals surface area contributed by atoms with Crippen LogP contribution in [-0.4, -0.2) is 0 Å². The van der Waals surface area contributed by atoms with Gasteiger partial charge in [0.15, 0.2) is 0 Å². The van der Waals surface area contributed by atoms with Crippen molar-refractivity contribution in [2.45, 2.75) is 24.7 Å². The SMILES string of the molecule is CC1(C)c2ccccc2-c2ccc(N(c3ccc(-c4cccc5c4oc4ccccc45)cc3)c3ccc(-c4ccc5c(c4)C(c4ccccc4)(c4ccccc4)c4c(-c6ccccc6)cc(-c6ccccc6)cc4-5)c4ccccc34)cc21. The van der Waals surface area contributed by atoms with Crippen LogP contribution in [0, 0.1) is 0 Å². The Morgan fingerprint density at radius 1 is 0.293 bits per heavy atom. The number of anilines is 3. The maximum Gasteiger partial charge on any atom is 0.143 e. The Morgan fingerprint density at radius 3 is 1.56 bits per heavy atom. The molecule has 2 heteroatoms. The van der Waals surface area contributed by atoms with Gasteiger partial charge in [-0.3, -0.25) is 0 Å². The Bertz CT molecular complexity index is 4760. The van der Waals surface area contributed by atoms with Crippen LogP contribution in [0.5, 0.6) is 0 Å². The van der Waals surface area contributed by atoms with E-state index in [4.69, 9.17) is 4.42 Å². The third-order valence-corrected chi connectivity index (χ3v) is 18.0. The molecule has 2 aliphatic carbocycles. The van der Waals surface area contributed by atoms with Gasteiger partial charge in [-0.25, -0.2) is 0 Å². The van der Waals surface area contributed by atoms with E-state index in [0.717, 1.165) is 50.1 Å². The molecular formula is C80H55NO. The summed E-state index contributed by atoms with van der Waals surface area (Å²) in [6.07, 6.45) is 0. The van der Waals surface area contributed by atoms with E-state index in [-0.39, 0.29) is 5.41 Å². The highest BCUT2D eigenvalue weighted by Crippen LogP contribution is 2.61. The van der Waals surface area contributed by atoms with Crippen LogP contribution in [0.4, 0.5) is 17.1 Å². The van der Waals surface area contributed by atoms with Gasteiger partial charge in [0.2, 0.25) is 0 Å². The fraction of sp³-hybridized carbons (Fsp3) is 0.0500. The van der Waals surface area contributed by atoms with Gasteiger partial charge in [-0.1, -0.05) is 257 Å². The molecule has 2 aliphatic rings. The van der Waals surface area contributed by atoms with E-state index in [1.807, 2.05) is 6.07 Å². The predicted molar refractivity (Wildman–Crippen MR) is 343 cm³/mol. The Balaban J connectivity index is 0.901. The summed E-state index contributed by atoms with van der Waals surface area (Å²) in [5.41, 5.74) is 26.5. The van der Waals surface area contributed by atoms with Crippen molar-refractivity contribution in [1.82, 2.24) is 0 Å². The fourth-order valence-corrected chi connectivity index (χ4v) is 14.2. The fourth-order valence-electron chi connectivity index (χ4n) is 14.2. The van der Waals surface area contributed by atoms with Gasteiger partial charge in [0.05, 0.1) is 11.1 Å². The molecule has 0 unspecified atom stereocenters. The predicted octanol–water partition coefficient (Wildman–Crippen LogP) is 21.5. The van der Waals surface area contributed by atoms with E-state index in [1.165, 1.54) is 99.8 Å². The second kappa shape index (κ2) is 18.7. The summed E-state index contributed by atoms with van der Waals surface area (Å²) in [6, 6.07) is 110. The molecule has 13 aromatic carbocycles. The first-order valence-corrected chi connectivity index (χ1v) is 28.6. The molecule has 2 nitrogen and oxygen atoms in total. The molecule has 0 aliphatic heterocycles. The number of furan rings is 1. The van der Waals surface area contributed by atoms with Crippen molar-refractivity contribution in [2.24, 2.45) is 0 Å². The van der Waals surface area contributed by atoms with Crippen molar-refractivity contribution in [3.63, 3.8) is 0 Å². The molecule has 0 atom stereocenters. The summed E-state index contributed by atoms with van der Waals surface area (Å²) in [7, 11) is 0. The number of para-hydroxylation sites is 2. The third-order valence-electron chi connectivity index (χ3n) is 18.0. The van der Waals surface area contributed by atoms with Gasteiger partial charge in [0.25, 0.3) is 0 Å². The molecule has 82 heavy (non-hydrogen) atoms. The molecule has 0 saturated carbocycles. The first kappa shape index (κ1) is 47.7. The second-order valence-electron chi connectivity index (χ2n) is 22.7. The van der Waals surface area contributed by atoms with Crippen LogP contribution >= 0.6 is 0 Å². The standard InChI is InChI=1S/C80H55NO/c1-79(2)72-36-19-17-31-64(72)65-45-43-60(51-73(65)79)81(59-41-38-54(39-42-59)62-34-21-35-69-68-33-18-20-37-76(68)82-78(62)69)75-47-46-61(63-30-15-16-32-67(63)75)55-40-44-66-71-49-56(52-22-7-3-8-23-52)48-70(53-24-9-4-10-25-53)77(71)80(74(66)50-55,57-26-11-5-12-27-57)58-28-13-6-14-29-58/h3-51H,1-2H3. The highest BCUT2D eigenvalue weighted by molar-refractivity contribution is 6.10. The highest BCUT2D eigenvalue weighted by atomic mass is 16.3. The second-order valence-corrected chi connectivity index (χ2v) is 22.7. The summed E-state index contributed by atoms with van der Waals surface area (Å²) in [6.45, 7) is 4.74. The summed E-state index contributed by atoms with van der Waals surface area (Å²) in [4.78, 5) is 2.47. The molecule has 0 saturated heterocycles. The quantitative estimate of drug-likeness (QED) is 0.143. The monoisotopic (exact) mass is 1050 g/mol. The van der Waals surface area contributed by atoms with Gasteiger partial charge in [-0.05, 0) is 155 Å². The molecule has 0 radical (unpaired) electrons. The Morgan fingerprint density at radius 2 is 0.817 bits per heavy atom. The van der Waals surface area contributed by atoms with Crippen LogP contribution in [0.15, 0.2) is 302 Å². The molecule has 0 amide bonds. The molecule has 0 spiro atoms. The molecule has 1 heterocycles. The Hall–Kier alpha value is -10.3. The maximum absolute atomic E-state index is 6.57. The summed E-state index contributed by atoms with van der Waals surface area (Å²) < 4.78 is 6.57. The van der Waals surface area contributed by atoms with Gasteiger partial charge in [-0.15, -0.1) is 0 Å². The van der Waals surface area contributed by atoms with E-state index in [1.54, 1.807) is 0 Å². The number of nitrogens with zero attached hydrogens (tertiary/aromatic N) is 1. The van der Waals surface area contributed by atoms with Crippen LogP contribution in [0.3, 0.4) is 0 Å². The van der Waals surface area contributed by atoms with Gasteiger partial charge in [0.1, 0.15) is 11.2 Å². The molecule has 14 aromatic rings. The highest BCUT2D eigenvalue weighted by Gasteiger charge is 2.48. The first-order valence-electron chi connectivity index (χ1n) is 28.6. The van der Waals surface area contributed by atoms with Crippen LogP contribution in [0.25, 0.3) is 99.5 Å². The van der Waals surface area contributed by atoms with E-state index in [2.05, 4.69) is 310 Å². The van der Waals surface area contributed by atoms with Crippen LogP contribution in [0.2, 0.25) is 0 Å². The molecule has 1 aromatic heterocycles. The van der Waals surface area contributed by atoms with E-state index in [9.17, 15) is 0 Å². The van der Waals surface area contributed by atoms with Crippen LogP contribution < -0.4 is 4.90 Å². The molecule has 0 N–H and O–H groups in total. The van der Waals surface area contributed by atoms with Gasteiger partial charge < -0.3 is 9.32 Å². The van der Waals surface area contributed by atoms with Crippen LogP contribution in [-0.2, 0) is 10.8 Å². The lowest BCUT2D eigenvalue weighted by Crippen LogP contribution is -2.29. The normalized spacial score (nSPS) is 13.4. The Labute approximate surface area is 478 Å². The summed E-state index contributed by atoms with van der Waals surface area (Å²) in [5, 5.41) is 4.61. The average molecular weight is 1050 g/mol. The lowest BCUT2D eigenvalue weighted by molar-refractivity contribution is 0.660. The minimum atomic E-state index is -0.654. The van der Waals surface area contributed by atoms with Crippen molar-refractivity contribution in [3.8, 4) is 66.8 Å². The largest absolute Gasteiger partial charge is 0.455 e. The van der Waals surface area contributed by atoms with Gasteiger partial charge >= 0.3 is 0 Å².